The molecule has 1 amide bonds. The second kappa shape index (κ2) is 7.64. The number of aromatic amines is 1. The molecule has 2 aromatic heterocycles. The Kier molecular flexibility index (Phi) is 4.90. The largest absolute Gasteiger partial charge is 0.346 e. The molecular formula is C23H23N5O3S. The lowest BCUT2D eigenvalue weighted by Crippen LogP contribution is -2.24. The molecule has 0 spiro atoms. The summed E-state index contributed by atoms with van der Waals surface area (Å²) in [7, 11) is -3.54. The Morgan fingerprint density at radius 1 is 1.25 bits per heavy atom. The summed E-state index contributed by atoms with van der Waals surface area (Å²) in [6.45, 7) is 0. The number of benzene rings is 1. The molecule has 32 heavy (non-hydrogen) atoms. The lowest BCUT2D eigenvalue weighted by atomic mass is 10.0. The minimum absolute atomic E-state index is 0.0320. The Balaban J connectivity index is 1.41. The van der Waals surface area contributed by atoms with Gasteiger partial charge in [-0.2, -0.15) is 5.26 Å². The van der Waals surface area contributed by atoms with Crippen molar-refractivity contribution in [3.05, 3.63) is 42.6 Å². The van der Waals surface area contributed by atoms with E-state index in [2.05, 4.69) is 20.8 Å². The number of nitrogens with one attached hydrogen (secondary N) is 2. The second-order valence-corrected chi connectivity index (χ2v) is 10.5. The molecule has 164 valence electrons. The number of pyridine rings is 1. The molecule has 2 aliphatic rings. The summed E-state index contributed by atoms with van der Waals surface area (Å²) in [5.74, 6) is 0.569. The lowest BCUT2D eigenvalue weighted by Gasteiger charge is -2.17. The van der Waals surface area contributed by atoms with Gasteiger partial charge in [0.25, 0.3) is 0 Å². The van der Waals surface area contributed by atoms with E-state index in [4.69, 9.17) is 5.26 Å². The first-order valence-electron chi connectivity index (χ1n) is 10.6. The molecule has 3 aromatic rings. The maximum atomic E-state index is 12.6. The molecule has 8 nitrogen and oxygen atoms in total. The summed E-state index contributed by atoms with van der Waals surface area (Å²) < 4.78 is 27.8. The molecule has 9 heteroatoms. The standard InChI is InChI=1S/C23H23N5O3S/c24-11-10-23(8-9-23)14-32(30,31)27-17-3-1-16(2-4-17)20-13-21(28(15-29)18-5-6-18)26-22-19(20)7-12-25-22/h1-4,7,12-13,15,18,27H,5-6,8-10,14H2,(H,25,26). The van der Waals surface area contributed by atoms with Gasteiger partial charge in [0.05, 0.1) is 11.8 Å². The van der Waals surface area contributed by atoms with Crippen LogP contribution >= 0.6 is 0 Å². The van der Waals surface area contributed by atoms with Crippen molar-refractivity contribution < 1.29 is 13.2 Å². The van der Waals surface area contributed by atoms with Crippen molar-refractivity contribution in [2.45, 2.75) is 38.1 Å². The smallest absolute Gasteiger partial charge is 0.233 e. The third kappa shape index (κ3) is 4.06. The average Bonchev–Trinajstić information content (AvgIpc) is 3.68. The highest BCUT2D eigenvalue weighted by atomic mass is 32.2. The maximum Gasteiger partial charge on any atom is 0.233 e. The summed E-state index contributed by atoms with van der Waals surface area (Å²) in [6.07, 6.45) is 6.40. The van der Waals surface area contributed by atoms with Gasteiger partial charge < -0.3 is 4.98 Å². The van der Waals surface area contributed by atoms with Crippen LogP contribution < -0.4 is 9.62 Å². The third-order valence-electron chi connectivity index (χ3n) is 6.21. The van der Waals surface area contributed by atoms with E-state index in [-0.39, 0.29) is 23.6 Å². The summed E-state index contributed by atoms with van der Waals surface area (Å²) >= 11 is 0. The van der Waals surface area contributed by atoms with Crippen molar-refractivity contribution in [2.75, 3.05) is 15.4 Å². The molecule has 0 aliphatic heterocycles. The quantitative estimate of drug-likeness (QED) is 0.482. The van der Waals surface area contributed by atoms with Crippen LogP contribution in [0.5, 0.6) is 0 Å². The molecule has 0 unspecified atom stereocenters. The number of nitrogens with zero attached hydrogens (tertiary/aromatic N) is 3. The van der Waals surface area contributed by atoms with Gasteiger partial charge in [-0.15, -0.1) is 0 Å². The van der Waals surface area contributed by atoms with Gasteiger partial charge in [-0.05, 0) is 66.5 Å². The predicted molar refractivity (Wildman–Crippen MR) is 122 cm³/mol. The van der Waals surface area contributed by atoms with E-state index in [0.717, 1.165) is 48.6 Å². The van der Waals surface area contributed by atoms with Crippen LogP contribution in [0.2, 0.25) is 0 Å². The number of rotatable bonds is 9. The maximum absolute atomic E-state index is 12.6. The zero-order valence-electron chi connectivity index (χ0n) is 17.4. The van der Waals surface area contributed by atoms with E-state index in [1.807, 2.05) is 30.5 Å². The molecule has 0 atom stereocenters. The number of H-pyrrole nitrogens is 1. The van der Waals surface area contributed by atoms with Crippen molar-refractivity contribution in [3.63, 3.8) is 0 Å². The molecule has 5 rings (SSSR count). The van der Waals surface area contributed by atoms with Crippen LogP contribution in [0.4, 0.5) is 11.5 Å². The molecule has 2 heterocycles. The summed E-state index contributed by atoms with van der Waals surface area (Å²) in [5.41, 5.74) is 2.60. The Hall–Kier alpha value is -3.38. The van der Waals surface area contributed by atoms with Crippen molar-refractivity contribution in [1.29, 1.82) is 5.26 Å². The lowest BCUT2D eigenvalue weighted by molar-refractivity contribution is -0.107. The summed E-state index contributed by atoms with van der Waals surface area (Å²) in [6, 6.07) is 13.3. The minimum atomic E-state index is -3.54. The van der Waals surface area contributed by atoms with Gasteiger partial charge in [0.15, 0.2) is 0 Å². The summed E-state index contributed by atoms with van der Waals surface area (Å²) in [5, 5.41) is 9.86. The van der Waals surface area contributed by atoms with E-state index >= 15 is 0 Å². The molecule has 2 fully saturated rings. The van der Waals surface area contributed by atoms with E-state index in [0.29, 0.717) is 17.2 Å². The molecule has 1 aromatic carbocycles. The van der Waals surface area contributed by atoms with Crippen molar-refractivity contribution >= 4 is 39.0 Å². The average molecular weight is 450 g/mol. The monoisotopic (exact) mass is 449 g/mol. The first-order chi connectivity index (χ1) is 15.4. The number of carbonyl (C=O) groups is 1. The molecular weight excluding hydrogens is 426 g/mol. The first-order valence-corrected chi connectivity index (χ1v) is 12.3. The van der Waals surface area contributed by atoms with Crippen LogP contribution in [0.25, 0.3) is 22.2 Å². The van der Waals surface area contributed by atoms with Gasteiger partial charge in [-0.3, -0.25) is 14.4 Å². The number of carbonyl (C=O) groups excluding carboxylic acids is 1. The number of anilines is 2. The van der Waals surface area contributed by atoms with Crippen LogP contribution in [-0.2, 0) is 14.8 Å². The molecule has 2 aliphatic carbocycles. The van der Waals surface area contributed by atoms with Gasteiger partial charge in [-0.25, -0.2) is 13.4 Å². The predicted octanol–water partition coefficient (Wildman–Crippen LogP) is 3.79. The Bertz CT molecular complexity index is 1320. The second-order valence-electron chi connectivity index (χ2n) is 8.79. The van der Waals surface area contributed by atoms with E-state index in [1.54, 1.807) is 17.0 Å². The number of sulfonamides is 1. The van der Waals surface area contributed by atoms with Crippen molar-refractivity contribution in [3.8, 4) is 17.2 Å². The zero-order chi connectivity index (χ0) is 22.3. The zero-order valence-corrected chi connectivity index (χ0v) is 18.2. The molecule has 0 radical (unpaired) electrons. The fourth-order valence-corrected chi connectivity index (χ4v) is 5.89. The van der Waals surface area contributed by atoms with Gasteiger partial charge in [0.1, 0.15) is 11.5 Å². The van der Waals surface area contributed by atoms with Crippen LogP contribution in [0.1, 0.15) is 32.1 Å². The van der Waals surface area contributed by atoms with E-state index < -0.39 is 10.0 Å². The number of fused-ring (bicyclic) bond motifs is 1. The van der Waals surface area contributed by atoms with Crippen LogP contribution in [-0.4, -0.2) is 36.6 Å². The number of hydrogen-bond acceptors (Lipinski definition) is 5. The highest BCUT2D eigenvalue weighted by Gasteiger charge is 2.46. The summed E-state index contributed by atoms with van der Waals surface area (Å²) in [4.78, 5) is 21.0. The number of amides is 1. The third-order valence-corrected chi connectivity index (χ3v) is 7.75. The first kappa shape index (κ1) is 20.5. The minimum Gasteiger partial charge on any atom is -0.346 e. The molecule has 2 N–H and O–H groups in total. The van der Waals surface area contributed by atoms with Crippen LogP contribution in [0.15, 0.2) is 42.6 Å². The fourth-order valence-electron chi connectivity index (χ4n) is 4.13. The Morgan fingerprint density at radius 3 is 2.62 bits per heavy atom. The number of hydrogen-bond donors (Lipinski definition) is 2. The van der Waals surface area contributed by atoms with Crippen LogP contribution in [0, 0.1) is 16.7 Å². The SMILES string of the molecule is N#CCC1(CS(=O)(=O)Nc2ccc(-c3cc(N(C=O)C4CC4)nc4[nH]ccc34)cc2)CC1. The van der Waals surface area contributed by atoms with Crippen molar-refractivity contribution in [1.82, 2.24) is 9.97 Å². The van der Waals surface area contributed by atoms with Gasteiger partial charge in [0.2, 0.25) is 16.4 Å². The highest BCUT2D eigenvalue weighted by Crippen LogP contribution is 2.49. The normalized spacial score (nSPS) is 17.0. The molecule has 2 saturated carbocycles. The number of aromatic nitrogens is 2. The van der Waals surface area contributed by atoms with Crippen LogP contribution in [0.3, 0.4) is 0 Å². The Morgan fingerprint density at radius 2 is 2.00 bits per heavy atom. The molecule has 0 saturated heterocycles. The van der Waals surface area contributed by atoms with Gasteiger partial charge >= 0.3 is 0 Å². The topological polar surface area (TPSA) is 119 Å². The van der Waals surface area contributed by atoms with E-state index in [1.165, 1.54) is 0 Å². The Labute approximate surface area is 186 Å². The van der Waals surface area contributed by atoms with Crippen molar-refractivity contribution in [2.24, 2.45) is 5.41 Å². The number of nitriles is 1. The van der Waals surface area contributed by atoms with E-state index in [9.17, 15) is 13.2 Å². The van der Waals surface area contributed by atoms with Gasteiger partial charge in [-0.1, -0.05) is 12.1 Å². The molecule has 0 bridgehead atoms. The van der Waals surface area contributed by atoms with Gasteiger partial charge in [0, 0.05) is 29.7 Å². The fraction of sp³-hybridized carbons (Fsp3) is 0.348. The highest BCUT2D eigenvalue weighted by molar-refractivity contribution is 7.92.